The molecule has 25 nitrogen and oxygen atoms in total. The summed E-state index contributed by atoms with van der Waals surface area (Å²) < 4.78 is 57.5. The average molecular weight is 1350 g/mol. The van der Waals surface area contributed by atoms with Crippen LogP contribution in [0.3, 0.4) is 0 Å². The number of anilines is 1. The Hall–Kier alpha value is -5.55. The maximum absolute atomic E-state index is 14.0. The number of amides is 2. The Kier molecular flexibility index (Phi) is 32.0. The summed E-state index contributed by atoms with van der Waals surface area (Å²) in [4.78, 5) is 66.8. The van der Waals surface area contributed by atoms with Gasteiger partial charge in [0.15, 0.2) is 6.29 Å². The summed E-state index contributed by atoms with van der Waals surface area (Å²) in [6, 6.07) is 11.4. The Morgan fingerprint density at radius 2 is 1.16 bits per heavy atom. The van der Waals surface area contributed by atoms with Crippen LogP contribution in [0.2, 0.25) is 0 Å². The zero-order valence-corrected chi connectivity index (χ0v) is 59.9. The summed E-state index contributed by atoms with van der Waals surface area (Å²) in [6.45, 7) is 29.8. The highest BCUT2D eigenvalue weighted by Crippen LogP contribution is 2.62. The zero-order valence-electron chi connectivity index (χ0n) is 59.9. The van der Waals surface area contributed by atoms with E-state index in [9.17, 15) is 29.4 Å². The Labute approximate surface area is 571 Å². The number of hydrogen-bond acceptors (Lipinski definition) is 23. The molecule has 2 amide bonds. The van der Waals surface area contributed by atoms with Gasteiger partial charge in [-0.3, -0.25) is 38.8 Å². The molecule has 4 saturated carbocycles. The molecular weight excluding hydrogens is 1230 g/mol. The van der Waals surface area contributed by atoms with Gasteiger partial charge < -0.3 is 79.3 Å². The first kappa shape index (κ1) is 79.4. The van der Waals surface area contributed by atoms with Crippen molar-refractivity contribution in [1.29, 1.82) is 0 Å². The summed E-state index contributed by atoms with van der Waals surface area (Å²) in [5.74, 6) is 1.49. The molecule has 6 atom stereocenters. The zero-order chi connectivity index (χ0) is 70.1. The smallest absolute Gasteiger partial charge is 0.320 e. The number of aliphatic hydroxyl groups excluding tert-OH is 2. The predicted octanol–water partition coefficient (Wildman–Crippen LogP) is 5.35. The van der Waals surface area contributed by atoms with E-state index < -0.39 is 34.5 Å². The standard InChI is InChI=1S/C71H117N9O16/c1-50(2)55-43-54(17-18-58(55)75-59(66-60(87-12)15-14-16-61(66)88-13)44-57(72)67(86)76-71(49-81)53-40-51-39-52(42-53)56(71)41-51)73-19-29-89-31-33-91-35-37-93-38-36-92-34-32-90-30-20-74-62(82)45-77-21-23-78(46-63(83)94-68(3,4)5)25-27-80(48-65(85)96-70(9,10)11)28-26-79(24-22-77)47-64(84)95-69(6,7)8/h14-18,43-44,50-53,56,63,73,81,83H,19-42,45-49,72H2,1-13H3,(H,74,82)(H,76,86). The fourth-order valence-corrected chi connectivity index (χ4v) is 13.3. The van der Waals surface area contributed by atoms with Gasteiger partial charge in [0.05, 0.1) is 140 Å². The van der Waals surface area contributed by atoms with Crippen LogP contribution in [-0.2, 0) is 57.1 Å². The molecule has 1 heterocycles. The summed E-state index contributed by atoms with van der Waals surface area (Å²) in [7, 11) is 3.15. The molecule has 0 aromatic heterocycles. The topological polar surface area (TPSA) is 288 Å². The minimum Gasteiger partial charge on any atom is -0.496 e. The number of aliphatic imine (C=N–C) groups is 1. The van der Waals surface area contributed by atoms with E-state index >= 15 is 0 Å². The first-order valence-electron chi connectivity index (χ1n) is 34.5. The van der Waals surface area contributed by atoms with E-state index in [0.29, 0.717) is 172 Å². The van der Waals surface area contributed by atoms with E-state index in [2.05, 4.69) is 40.8 Å². The second-order valence-corrected chi connectivity index (χ2v) is 28.9. The van der Waals surface area contributed by atoms with E-state index in [1.54, 1.807) is 20.3 Å². The molecule has 0 spiro atoms. The molecule has 5 aliphatic rings. The number of nitrogens with two attached hydrogens (primary N) is 1. The number of β-amino-alcohol motifs (C(OH)–C–C–N with tert-alkyl or cyclic N) is 1. The van der Waals surface area contributed by atoms with Crippen molar-refractivity contribution in [2.75, 3.05) is 184 Å². The van der Waals surface area contributed by atoms with Crippen LogP contribution in [0.1, 0.15) is 119 Å². The third kappa shape index (κ3) is 26.9. The second kappa shape index (κ2) is 38.7. The Morgan fingerprint density at radius 3 is 1.64 bits per heavy atom. The lowest BCUT2D eigenvalue weighted by Crippen LogP contribution is -2.60. The molecule has 4 aliphatic carbocycles. The van der Waals surface area contributed by atoms with E-state index in [4.69, 9.17) is 58.1 Å². The number of carbonyl (C=O) groups is 4. The largest absolute Gasteiger partial charge is 0.496 e. The number of aliphatic hydroxyl groups is 2. The molecule has 7 rings (SSSR count). The fourth-order valence-electron chi connectivity index (χ4n) is 13.3. The van der Waals surface area contributed by atoms with Crippen LogP contribution < -0.4 is 31.2 Å². The molecule has 0 radical (unpaired) electrons. The van der Waals surface area contributed by atoms with Crippen LogP contribution in [0.25, 0.3) is 0 Å². The van der Waals surface area contributed by atoms with Crippen LogP contribution >= 0.6 is 0 Å². The van der Waals surface area contributed by atoms with E-state index in [1.807, 2.05) is 107 Å². The molecule has 6 unspecified atom stereocenters. The van der Waals surface area contributed by atoms with Crippen molar-refractivity contribution in [3.63, 3.8) is 0 Å². The predicted molar refractivity (Wildman–Crippen MR) is 369 cm³/mol. The monoisotopic (exact) mass is 1350 g/mol. The SMILES string of the molecule is COc1cccc(OC)c1C(C=C(N)C(=O)NC1(CO)C2CC3CC(C2)C1C3)=Nc1ccc(NCCOCCOCCOCCOCCOCCNC(=O)CN2CCN(CC(=O)OC(C)(C)C)CCN(CC(=O)OC(C)(C)C)CCN(CC(O)OC(C)(C)C)CC2)cc1C(C)C. The van der Waals surface area contributed by atoms with Gasteiger partial charge in [-0.2, -0.15) is 0 Å². The fraction of sp³-hybridized carbons (Fsp3) is 0.732. The van der Waals surface area contributed by atoms with Crippen LogP contribution in [0.4, 0.5) is 11.4 Å². The Bertz CT molecular complexity index is 2780. The normalized spacial score (nSPS) is 21.6. The van der Waals surface area contributed by atoms with Gasteiger partial charge in [0.2, 0.25) is 5.91 Å². The van der Waals surface area contributed by atoms with Crippen LogP contribution in [0.5, 0.6) is 11.5 Å². The van der Waals surface area contributed by atoms with Gasteiger partial charge in [0.25, 0.3) is 5.91 Å². The number of hydrogen-bond donors (Lipinski definition) is 6. The molecule has 2 aromatic rings. The first-order valence-corrected chi connectivity index (χ1v) is 34.5. The van der Waals surface area contributed by atoms with Gasteiger partial charge in [-0.25, -0.2) is 4.99 Å². The summed E-state index contributed by atoms with van der Waals surface area (Å²) in [6.07, 6.45) is 4.77. The van der Waals surface area contributed by atoms with E-state index in [0.717, 1.165) is 30.5 Å². The lowest BCUT2D eigenvalue weighted by molar-refractivity contribution is -0.174. The van der Waals surface area contributed by atoms with Crippen molar-refractivity contribution in [1.82, 2.24) is 30.2 Å². The number of carbonyl (C=O) groups excluding carboxylic acids is 4. The number of benzene rings is 2. The number of ether oxygens (including phenoxy) is 10. The lowest BCUT2D eigenvalue weighted by atomic mass is 9.70. The number of esters is 2. The average Bonchev–Trinajstić information content (AvgIpc) is 1.56. The van der Waals surface area contributed by atoms with Crippen molar-refractivity contribution in [2.45, 2.75) is 136 Å². The summed E-state index contributed by atoms with van der Waals surface area (Å²) in [5.41, 5.74) is 7.62. The van der Waals surface area contributed by atoms with Gasteiger partial charge in [-0.1, -0.05) is 19.9 Å². The number of nitrogens with one attached hydrogen (secondary N) is 3. The van der Waals surface area contributed by atoms with Crippen LogP contribution in [0, 0.1) is 23.7 Å². The van der Waals surface area contributed by atoms with Gasteiger partial charge >= 0.3 is 11.9 Å². The quantitative estimate of drug-likeness (QED) is 0.0163. The molecule has 96 heavy (non-hydrogen) atoms. The van der Waals surface area contributed by atoms with Crippen molar-refractivity contribution >= 4 is 40.8 Å². The maximum atomic E-state index is 14.0. The maximum Gasteiger partial charge on any atom is 0.320 e. The molecule has 2 aromatic carbocycles. The molecule has 1 saturated heterocycles. The number of nitrogens with zero attached hydrogens (tertiary/aromatic N) is 5. The minimum absolute atomic E-state index is 0.0221. The highest BCUT2D eigenvalue weighted by molar-refractivity contribution is 6.16. The third-order valence-electron chi connectivity index (χ3n) is 17.5. The third-order valence-corrected chi connectivity index (χ3v) is 17.5. The highest BCUT2D eigenvalue weighted by Gasteiger charge is 2.62. The van der Waals surface area contributed by atoms with E-state index in [1.165, 1.54) is 6.42 Å². The first-order chi connectivity index (χ1) is 45.6. The number of rotatable bonds is 37. The number of allylic oxidation sites excluding steroid dienone is 1. The molecule has 25 heteroatoms. The van der Waals surface area contributed by atoms with Gasteiger partial charge in [0, 0.05) is 77.7 Å². The van der Waals surface area contributed by atoms with Crippen LogP contribution in [0.15, 0.2) is 53.2 Å². The van der Waals surface area contributed by atoms with Crippen molar-refractivity contribution in [3.05, 3.63) is 59.3 Å². The van der Waals surface area contributed by atoms with Gasteiger partial charge in [0.1, 0.15) is 22.7 Å². The van der Waals surface area contributed by atoms with Gasteiger partial charge in [-0.05, 0) is 160 Å². The lowest BCUT2D eigenvalue weighted by Gasteiger charge is -2.44. The van der Waals surface area contributed by atoms with Gasteiger partial charge in [-0.15, -0.1) is 0 Å². The Morgan fingerprint density at radius 1 is 0.656 bits per heavy atom. The number of methoxy groups -OCH3 is 2. The Balaban J connectivity index is 0.858. The summed E-state index contributed by atoms with van der Waals surface area (Å²) >= 11 is 0. The molecule has 5 fully saturated rings. The summed E-state index contributed by atoms with van der Waals surface area (Å²) in [5, 5.41) is 31.4. The van der Waals surface area contributed by atoms with Crippen molar-refractivity contribution in [2.24, 2.45) is 34.4 Å². The molecule has 4 bridgehead atoms. The van der Waals surface area contributed by atoms with Crippen molar-refractivity contribution < 1.29 is 76.8 Å². The van der Waals surface area contributed by atoms with Crippen molar-refractivity contribution in [3.8, 4) is 11.5 Å². The second-order valence-electron chi connectivity index (χ2n) is 28.9. The van der Waals surface area contributed by atoms with Crippen LogP contribution in [-0.4, -0.2) is 266 Å². The molecule has 542 valence electrons. The highest BCUT2D eigenvalue weighted by atomic mass is 16.6. The minimum atomic E-state index is -1.06. The molecule has 7 N–H and O–H groups in total. The molecule has 1 aliphatic heterocycles. The molecular formula is C71H117N9O16. The van der Waals surface area contributed by atoms with E-state index in [-0.39, 0.29) is 74.1 Å².